The third-order valence-electron chi connectivity index (χ3n) is 2.69. The van der Waals surface area contributed by atoms with Crippen LogP contribution in [-0.4, -0.2) is 10.7 Å². The molecule has 2 nitrogen and oxygen atoms in total. The van der Waals surface area contributed by atoms with Crippen molar-refractivity contribution >= 4 is 22.7 Å². The minimum absolute atomic E-state index is 0.481. The summed E-state index contributed by atoms with van der Waals surface area (Å²) in [6.45, 7) is 4.14. The SMILES string of the molecule is CCc1cccc2c(SCC#N)cc(C)nc12. The van der Waals surface area contributed by atoms with E-state index >= 15 is 0 Å². The number of aromatic nitrogens is 1. The van der Waals surface area contributed by atoms with Crippen molar-refractivity contribution in [2.75, 3.05) is 5.75 Å². The fraction of sp³-hybridized carbons (Fsp3) is 0.286. The average molecular weight is 242 g/mol. The van der Waals surface area contributed by atoms with Crippen molar-refractivity contribution in [3.05, 3.63) is 35.5 Å². The number of fused-ring (bicyclic) bond motifs is 1. The van der Waals surface area contributed by atoms with E-state index in [1.165, 1.54) is 5.56 Å². The lowest BCUT2D eigenvalue weighted by molar-refractivity contribution is 1.12. The summed E-state index contributed by atoms with van der Waals surface area (Å²) in [6, 6.07) is 10.5. The Morgan fingerprint density at radius 2 is 2.24 bits per heavy atom. The summed E-state index contributed by atoms with van der Waals surface area (Å²) in [5.74, 6) is 0.481. The van der Waals surface area contributed by atoms with Crippen LogP contribution in [0, 0.1) is 18.3 Å². The Labute approximate surface area is 106 Å². The third-order valence-corrected chi connectivity index (χ3v) is 3.61. The van der Waals surface area contributed by atoms with E-state index in [0.29, 0.717) is 5.75 Å². The van der Waals surface area contributed by atoms with E-state index in [-0.39, 0.29) is 0 Å². The zero-order chi connectivity index (χ0) is 12.3. The van der Waals surface area contributed by atoms with Crippen LogP contribution < -0.4 is 0 Å². The normalized spacial score (nSPS) is 10.4. The Balaban J connectivity index is 2.64. The zero-order valence-electron chi connectivity index (χ0n) is 10.0. The molecular formula is C14H14N2S. The third kappa shape index (κ3) is 2.42. The van der Waals surface area contributed by atoms with Crippen LogP contribution in [0.1, 0.15) is 18.2 Å². The van der Waals surface area contributed by atoms with E-state index in [0.717, 1.165) is 27.9 Å². The van der Waals surface area contributed by atoms with Gasteiger partial charge < -0.3 is 0 Å². The van der Waals surface area contributed by atoms with Crippen molar-refractivity contribution in [2.24, 2.45) is 0 Å². The highest BCUT2D eigenvalue weighted by Gasteiger charge is 2.07. The van der Waals surface area contributed by atoms with Crippen molar-refractivity contribution in [2.45, 2.75) is 25.2 Å². The van der Waals surface area contributed by atoms with Gasteiger partial charge in [-0.15, -0.1) is 11.8 Å². The van der Waals surface area contributed by atoms with Crippen molar-refractivity contribution in [1.29, 1.82) is 5.26 Å². The molecule has 0 saturated carbocycles. The molecule has 2 aromatic rings. The summed E-state index contributed by atoms with van der Waals surface area (Å²) in [5, 5.41) is 9.85. The second-order valence-corrected chi connectivity index (χ2v) is 4.89. The summed E-state index contributed by atoms with van der Waals surface area (Å²) in [4.78, 5) is 5.78. The number of nitrogens with zero attached hydrogens (tertiary/aromatic N) is 2. The van der Waals surface area contributed by atoms with E-state index in [4.69, 9.17) is 5.26 Å². The van der Waals surface area contributed by atoms with Crippen LogP contribution in [0.3, 0.4) is 0 Å². The van der Waals surface area contributed by atoms with E-state index in [9.17, 15) is 0 Å². The predicted molar refractivity (Wildman–Crippen MR) is 72.2 cm³/mol. The van der Waals surface area contributed by atoms with Crippen molar-refractivity contribution in [1.82, 2.24) is 4.98 Å². The highest BCUT2D eigenvalue weighted by molar-refractivity contribution is 7.99. The number of hydrogen-bond donors (Lipinski definition) is 0. The van der Waals surface area contributed by atoms with Crippen LogP contribution in [0.15, 0.2) is 29.2 Å². The average Bonchev–Trinajstić information content (AvgIpc) is 2.35. The van der Waals surface area contributed by atoms with Gasteiger partial charge in [-0.3, -0.25) is 4.98 Å². The Bertz CT molecular complexity index is 585. The van der Waals surface area contributed by atoms with Gasteiger partial charge in [0.05, 0.1) is 17.3 Å². The number of nitriles is 1. The van der Waals surface area contributed by atoms with Crippen LogP contribution in [0.4, 0.5) is 0 Å². The first-order valence-electron chi connectivity index (χ1n) is 5.65. The molecule has 0 N–H and O–H groups in total. The highest BCUT2D eigenvalue weighted by atomic mass is 32.2. The first-order chi connectivity index (χ1) is 8.26. The first kappa shape index (κ1) is 11.9. The van der Waals surface area contributed by atoms with Gasteiger partial charge in [0, 0.05) is 16.0 Å². The van der Waals surface area contributed by atoms with Gasteiger partial charge in [0.15, 0.2) is 0 Å². The largest absolute Gasteiger partial charge is 0.253 e. The summed E-state index contributed by atoms with van der Waals surface area (Å²) in [5.41, 5.74) is 3.36. The van der Waals surface area contributed by atoms with Gasteiger partial charge in [-0.2, -0.15) is 5.26 Å². The van der Waals surface area contributed by atoms with Gasteiger partial charge in [-0.25, -0.2) is 0 Å². The summed E-state index contributed by atoms with van der Waals surface area (Å²) in [6.07, 6.45) is 0.982. The van der Waals surface area contributed by atoms with E-state index in [2.05, 4.69) is 42.2 Å². The Kier molecular flexibility index (Phi) is 3.65. The molecule has 0 amide bonds. The number of aryl methyl sites for hydroxylation is 2. The fourth-order valence-electron chi connectivity index (χ4n) is 1.91. The number of benzene rings is 1. The molecule has 0 aliphatic heterocycles. The van der Waals surface area contributed by atoms with Gasteiger partial charge >= 0.3 is 0 Å². The van der Waals surface area contributed by atoms with Crippen molar-refractivity contribution in [3.63, 3.8) is 0 Å². The number of thioether (sulfide) groups is 1. The molecule has 0 radical (unpaired) electrons. The lowest BCUT2D eigenvalue weighted by atomic mass is 10.1. The molecule has 2 rings (SSSR count). The van der Waals surface area contributed by atoms with Crippen molar-refractivity contribution < 1.29 is 0 Å². The first-order valence-corrected chi connectivity index (χ1v) is 6.63. The van der Waals surface area contributed by atoms with Crippen LogP contribution in [0.2, 0.25) is 0 Å². The number of rotatable bonds is 3. The molecule has 0 bridgehead atoms. The Hall–Kier alpha value is -1.53. The standard InChI is InChI=1S/C14H14N2S/c1-3-11-5-4-6-12-13(17-8-7-15)9-10(2)16-14(11)12/h4-6,9H,3,8H2,1-2H3. The van der Waals surface area contributed by atoms with Crippen LogP contribution in [0.25, 0.3) is 10.9 Å². The molecule has 0 unspecified atom stereocenters. The lowest BCUT2D eigenvalue weighted by Crippen LogP contribution is -1.92. The molecule has 1 aromatic carbocycles. The zero-order valence-corrected chi connectivity index (χ0v) is 10.8. The Morgan fingerprint density at radius 1 is 1.41 bits per heavy atom. The molecule has 1 heterocycles. The highest BCUT2D eigenvalue weighted by Crippen LogP contribution is 2.29. The summed E-state index contributed by atoms with van der Waals surface area (Å²) in [7, 11) is 0. The van der Waals surface area contributed by atoms with Gasteiger partial charge in [-0.1, -0.05) is 25.1 Å². The van der Waals surface area contributed by atoms with Gasteiger partial charge in [0.25, 0.3) is 0 Å². The van der Waals surface area contributed by atoms with Gasteiger partial charge in [-0.05, 0) is 25.0 Å². The second kappa shape index (κ2) is 5.20. The second-order valence-electron chi connectivity index (χ2n) is 3.88. The number of hydrogen-bond acceptors (Lipinski definition) is 3. The summed E-state index contributed by atoms with van der Waals surface area (Å²) >= 11 is 1.58. The van der Waals surface area contributed by atoms with E-state index < -0.39 is 0 Å². The monoisotopic (exact) mass is 242 g/mol. The van der Waals surface area contributed by atoms with Crippen LogP contribution >= 0.6 is 11.8 Å². The molecule has 3 heteroatoms. The molecular weight excluding hydrogens is 228 g/mol. The molecule has 17 heavy (non-hydrogen) atoms. The van der Waals surface area contributed by atoms with E-state index in [1.807, 2.05) is 6.92 Å². The maximum Gasteiger partial charge on any atom is 0.0855 e. The molecule has 0 aliphatic carbocycles. The van der Waals surface area contributed by atoms with Crippen molar-refractivity contribution in [3.8, 4) is 6.07 Å². The number of para-hydroxylation sites is 1. The minimum atomic E-state index is 0.481. The van der Waals surface area contributed by atoms with E-state index in [1.54, 1.807) is 11.8 Å². The fourth-order valence-corrected chi connectivity index (χ4v) is 2.71. The summed E-state index contributed by atoms with van der Waals surface area (Å²) < 4.78 is 0. The maximum atomic E-state index is 8.68. The quantitative estimate of drug-likeness (QED) is 0.770. The Morgan fingerprint density at radius 3 is 2.94 bits per heavy atom. The van der Waals surface area contributed by atoms with Crippen LogP contribution in [0.5, 0.6) is 0 Å². The molecule has 0 saturated heterocycles. The molecule has 1 aromatic heterocycles. The molecule has 0 aliphatic rings. The lowest BCUT2D eigenvalue weighted by Gasteiger charge is -2.09. The van der Waals surface area contributed by atoms with Gasteiger partial charge in [0.1, 0.15) is 0 Å². The predicted octanol–water partition coefficient (Wildman–Crippen LogP) is 3.72. The maximum absolute atomic E-state index is 8.68. The molecule has 0 spiro atoms. The van der Waals surface area contributed by atoms with Crippen LogP contribution in [-0.2, 0) is 6.42 Å². The number of pyridine rings is 1. The molecule has 86 valence electrons. The topological polar surface area (TPSA) is 36.7 Å². The van der Waals surface area contributed by atoms with Gasteiger partial charge in [0.2, 0.25) is 0 Å². The minimum Gasteiger partial charge on any atom is -0.253 e. The molecule has 0 fully saturated rings. The smallest absolute Gasteiger partial charge is 0.0855 e. The molecule has 0 atom stereocenters.